The third-order valence-corrected chi connectivity index (χ3v) is 10.4. The summed E-state index contributed by atoms with van der Waals surface area (Å²) in [5.74, 6) is -0.656. The van der Waals surface area contributed by atoms with Crippen molar-refractivity contribution >= 4 is 11.9 Å². The van der Waals surface area contributed by atoms with Gasteiger partial charge in [0.05, 0.1) is 6.61 Å². The van der Waals surface area contributed by atoms with Crippen molar-refractivity contribution in [2.75, 3.05) is 13.2 Å². The Kier molecular flexibility index (Phi) is 50.1. The predicted molar refractivity (Wildman–Crippen MR) is 278 cm³/mol. The van der Waals surface area contributed by atoms with E-state index in [0.717, 1.165) is 96.3 Å². The molecule has 64 heavy (non-hydrogen) atoms. The Morgan fingerprint density at radius 3 is 1.06 bits per heavy atom. The van der Waals surface area contributed by atoms with Crippen LogP contribution in [0.1, 0.15) is 206 Å². The minimum absolute atomic E-state index is 0.0939. The van der Waals surface area contributed by atoms with Gasteiger partial charge in [-0.15, -0.1) is 0 Å². The first-order valence-electron chi connectivity index (χ1n) is 25.7. The summed E-state index contributed by atoms with van der Waals surface area (Å²) in [7, 11) is 0. The quantitative estimate of drug-likeness (QED) is 0.0375. The average molecular weight is 883 g/mol. The molecule has 1 atom stereocenters. The van der Waals surface area contributed by atoms with E-state index in [1.165, 1.54) is 77.0 Å². The molecule has 0 amide bonds. The number of allylic oxidation sites excluding steroid dienone is 22. The van der Waals surface area contributed by atoms with Crippen LogP contribution < -0.4 is 0 Å². The Labute approximate surface area is 394 Å². The van der Waals surface area contributed by atoms with Gasteiger partial charge >= 0.3 is 11.9 Å². The van der Waals surface area contributed by atoms with Crippen molar-refractivity contribution in [1.82, 2.24) is 0 Å². The van der Waals surface area contributed by atoms with E-state index in [4.69, 9.17) is 9.47 Å². The molecule has 0 aliphatic heterocycles. The van der Waals surface area contributed by atoms with E-state index in [-0.39, 0.29) is 31.6 Å². The van der Waals surface area contributed by atoms with E-state index in [2.05, 4.69) is 148 Å². The molecule has 0 aromatic heterocycles. The zero-order valence-electron chi connectivity index (χ0n) is 41.0. The Morgan fingerprint density at radius 1 is 0.375 bits per heavy atom. The summed E-state index contributed by atoms with van der Waals surface area (Å²) in [6, 6.07) is 0. The summed E-state index contributed by atoms with van der Waals surface area (Å²) >= 11 is 0. The van der Waals surface area contributed by atoms with Crippen molar-refractivity contribution in [3.8, 4) is 0 Å². The number of hydrogen-bond donors (Lipinski definition) is 1. The molecule has 0 saturated carbocycles. The summed E-state index contributed by atoms with van der Waals surface area (Å²) in [6.45, 7) is 3.97. The minimum Gasteiger partial charge on any atom is -0.462 e. The first kappa shape index (κ1) is 60.0. The highest BCUT2D eigenvalue weighted by molar-refractivity contribution is 5.70. The number of esters is 2. The topological polar surface area (TPSA) is 72.8 Å². The van der Waals surface area contributed by atoms with E-state index in [1.807, 2.05) is 0 Å². The third kappa shape index (κ3) is 50.7. The van der Waals surface area contributed by atoms with Gasteiger partial charge in [-0.2, -0.15) is 0 Å². The smallest absolute Gasteiger partial charge is 0.306 e. The van der Waals surface area contributed by atoms with Crippen LogP contribution in [0.15, 0.2) is 134 Å². The van der Waals surface area contributed by atoms with Gasteiger partial charge in [0.1, 0.15) is 6.61 Å². The molecule has 1 N–H and O–H groups in total. The zero-order chi connectivity index (χ0) is 46.3. The monoisotopic (exact) mass is 883 g/mol. The van der Waals surface area contributed by atoms with Crippen molar-refractivity contribution in [1.29, 1.82) is 0 Å². The summed E-state index contributed by atoms with van der Waals surface area (Å²) in [5, 5.41) is 9.61. The number of carbonyl (C=O) groups is 2. The normalized spacial score (nSPS) is 13.4. The molecule has 0 heterocycles. The number of ether oxygens (including phenoxy) is 2. The predicted octanol–water partition coefficient (Wildman–Crippen LogP) is 17.3. The number of aliphatic hydroxyl groups is 1. The number of hydrogen-bond acceptors (Lipinski definition) is 5. The van der Waals surface area contributed by atoms with Crippen LogP contribution in [0.3, 0.4) is 0 Å². The molecule has 0 rings (SSSR count). The van der Waals surface area contributed by atoms with E-state index in [1.54, 1.807) is 0 Å². The van der Waals surface area contributed by atoms with Crippen molar-refractivity contribution in [3.05, 3.63) is 134 Å². The summed E-state index contributed by atoms with van der Waals surface area (Å²) in [5.41, 5.74) is 0. The minimum atomic E-state index is -0.807. The molecule has 0 aromatic rings. The molecule has 0 fully saturated rings. The molecule has 5 nitrogen and oxygen atoms in total. The maximum absolute atomic E-state index is 12.3. The number of aliphatic hydroxyl groups excluding tert-OH is 1. The third-order valence-electron chi connectivity index (χ3n) is 10.4. The fourth-order valence-electron chi connectivity index (χ4n) is 6.58. The van der Waals surface area contributed by atoms with Gasteiger partial charge in [-0.05, 0) is 116 Å². The number of carbonyl (C=O) groups excluding carboxylic acids is 2. The van der Waals surface area contributed by atoms with Crippen LogP contribution in [0.4, 0.5) is 0 Å². The Bertz CT molecular complexity index is 1370. The second-order valence-electron chi connectivity index (χ2n) is 16.5. The van der Waals surface area contributed by atoms with Crippen molar-refractivity contribution in [3.63, 3.8) is 0 Å². The highest BCUT2D eigenvalue weighted by Gasteiger charge is 2.16. The van der Waals surface area contributed by atoms with Gasteiger partial charge in [0, 0.05) is 12.8 Å². The molecule has 0 aliphatic rings. The van der Waals surface area contributed by atoms with Gasteiger partial charge in [-0.3, -0.25) is 9.59 Å². The molecular formula is C59H94O5. The van der Waals surface area contributed by atoms with Gasteiger partial charge in [-0.1, -0.05) is 212 Å². The van der Waals surface area contributed by atoms with E-state index >= 15 is 0 Å². The molecule has 1 unspecified atom stereocenters. The van der Waals surface area contributed by atoms with Crippen LogP contribution in [0, 0.1) is 0 Å². The largest absolute Gasteiger partial charge is 0.462 e. The Morgan fingerprint density at radius 2 is 0.672 bits per heavy atom. The van der Waals surface area contributed by atoms with Gasteiger partial charge in [-0.25, -0.2) is 0 Å². The lowest BCUT2D eigenvalue weighted by Gasteiger charge is -2.15. The van der Waals surface area contributed by atoms with Crippen LogP contribution in [-0.4, -0.2) is 36.4 Å². The van der Waals surface area contributed by atoms with Crippen LogP contribution in [0.25, 0.3) is 0 Å². The van der Waals surface area contributed by atoms with Gasteiger partial charge < -0.3 is 14.6 Å². The standard InChI is InChI=1S/C59H94O5/c1-3-5-7-9-11-13-15-17-19-21-22-23-24-25-26-27-28-29-30-31-32-33-34-35-36-38-40-42-44-46-48-50-52-54-59(62)64-57(55-60)56-63-58(61)53-51-49-47-45-43-41-39-37-20-18-16-14-12-10-8-6-4-2/h5,7,11,13,17-20,22-23,25-26,28-29,31-32,34-35,38,40,44,46,57,60H,3-4,6,8-10,12,14-16,21,24,27,30,33,36-37,39,41-43,45,47-56H2,1-2H3/b7-5-,13-11-,19-17-,20-18-,23-22-,26-25-,29-28-,32-31-,35-34-,40-38-,46-44-. The van der Waals surface area contributed by atoms with Crippen LogP contribution in [0.5, 0.6) is 0 Å². The van der Waals surface area contributed by atoms with E-state index < -0.39 is 6.10 Å². The lowest BCUT2D eigenvalue weighted by atomic mass is 10.1. The second kappa shape index (κ2) is 53.4. The van der Waals surface area contributed by atoms with Crippen LogP contribution in [0.2, 0.25) is 0 Å². The fourth-order valence-corrected chi connectivity index (χ4v) is 6.58. The number of rotatable bonds is 45. The summed E-state index contributed by atoms with van der Waals surface area (Å²) < 4.78 is 10.6. The van der Waals surface area contributed by atoms with Crippen LogP contribution >= 0.6 is 0 Å². The summed E-state index contributed by atoms with van der Waals surface area (Å²) in [4.78, 5) is 24.4. The molecule has 0 aliphatic carbocycles. The first-order valence-corrected chi connectivity index (χ1v) is 25.7. The summed E-state index contributed by atoms with van der Waals surface area (Å²) in [6.07, 6.45) is 79.7. The van der Waals surface area contributed by atoms with E-state index in [0.29, 0.717) is 12.8 Å². The van der Waals surface area contributed by atoms with Gasteiger partial charge in [0.2, 0.25) is 0 Å². The van der Waals surface area contributed by atoms with Crippen molar-refractivity contribution < 1.29 is 24.2 Å². The Balaban J connectivity index is 3.70. The SMILES string of the molecule is CC/C=C\C/C=C\C/C=C\C/C=C\C/C=C\C/C=C\C/C=C\C/C=C\C/C=C\C/C=C\CCCCC(=O)OC(CO)COC(=O)CCCCCCCCC/C=C\CCCCCCCC. The lowest BCUT2D eigenvalue weighted by Crippen LogP contribution is -2.28. The molecule has 5 heteroatoms. The molecule has 0 saturated heterocycles. The van der Waals surface area contributed by atoms with Gasteiger partial charge in [0.15, 0.2) is 6.10 Å². The van der Waals surface area contributed by atoms with E-state index in [9.17, 15) is 14.7 Å². The van der Waals surface area contributed by atoms with Crippen molar-refractivity contribution in [2.45, 2.75) is 213 Å². The lowest BCUT2D eigenvalue weighted by molar-refractivity contribution is -0.161. The van der Waals surface area contributed by atoms with Gasteiger partial charge in [0.25, 0.3) is 0 Å². The maximum Gasteiger partial charge on any atom is 0.306 e. The maximum atomic E-state index is 12.3. The first-order chi connectivity index (χ1) is 31.6. The highest BCUT2D eigenvalue weighted by atomic mass is 16.6. The highest BCUT2D eigenvalue weighted by Crippen LogP contribution is 2.12. The molecule has 0 bridgehead atoms. The molecule has 360 valence electrons. The van der Waals surface area contributed by atoms with Crippen LogP contribution in [-0.2, 0) is 19.1 Å². The molecule has 0 aromatic carbocycles. The fraction of sp³-hybridized carbons (Fsp3) is 0.593. The second-order valence-corrected chi connectivity index (χ2v) is 16.5. The van der Waals surface area contributed by atoms with Crippen molar-refractivity contribution in [2.24, 2.45) is 0 Å². The molecular weight excluding hydrogens is 789 g/mol. The molecule has 0 spiro atoms. The molecule has 0 radical (unpaired) electrons. The Hall–Kier alpha value is -3.96. The average Bonchev–Trinajstić information content (AvgIpc) is 3.30. The number of unbranched alkanes of at least 4 members (excludes halogenated alkanes) is 15. The zero-order valence-corrected chi connectivity index (χ0v) is 41.0.